The molecular weight excluding hydrogens is 242 g/mol. The molecule has 3 fully saturated rings. The summed E-state index contributed by atoms with van der Waals surface area (Å²) in [6.07, 6.45) is 1.86. The Morgan fingerprint density at radius 3 is 2.63 bits per heavy atom. The van der Waals surface area contributed by atoms with Crippen molar-refractivity contribution in [3.8, 4) is 0 Å². The van der Waals surface area contributed by atoms with Crippen LogP contribution in [0.1, 0.15) is 0 Å². The Kier molecular flexibility index (Phi) is 2.60. The summed E-state index contributed by atoms with van der Waals surface area (Å²) in [4.78, 5) is 4.65. The van der Waals surface area contributed by atoms with Crippen LogP contribution in [0.15, 0.2) is 12.3 Å². The Morgan fingerprint density at radius 2 is 1.95 bits per heavy atom. The topological polar surface area (TPSA) is 53.5 Å². The van der Waals surface area contributed by atoms with Gasteiger partial charge in [-0.2, -0.15) is 5.10 Å². The first kappa shape index (κ1) is 11.4. The number of hydrogen-bond donors (Lipinski definition) is 1. The number of aromatic nitrogens is 2. The molecule has 3 aliphatic rings. The van der Waals surface area contributed by atoms with Crippen molar-refractivity contribution >= 4 is 11.5 Å². The minimum absolute atomic E-state index is 0.524. The number of hydrogen-bond acceptors (Lipinski definition) is 6. The first-order chi connectivity index (χ1) is 9.35. The number of ether oxygens (including phenoxy) is 1. The van der Waals surface area contributed by atoms with E-state index in [1.807, 2.05) is 6.20 Å². The summed E-state index contributed by atoms with van der Waals surface area (Å²) in [7, 11) is 0. The number of anilines is 2. The Hall–Kier alpha value is -1.40. The zero-order valence-corrected chi connectivity index (χ0v) is 11.0. The van der Waals surface area contributed by atoms with Gasteiger partial charge in [0.05, 0.1) is 25.1 Å². The predicted molar refractivity (Wildman–Crippen MR) is 72.6 cm³/mol. The molecule has 1 aromatic rings. The van der Waals surface area contributed by atoms with Crippen molar-refractivity contribution in [1.82, 2.24) is 15.5 Å². The molecule has 4 rings (SSSR count). The number of nitrogens with zero attached hydrogens (tertiary/aromatic N) is 4. The van der Waals surface area contributed by atoms with Crippen LogP contribution in [-0.4, -0.2) is 62.7 Å². The Bertz CT molecular complexity index is 462. The van der Waals surface area contributed by atoms with Crippen molar-refractivity contribution in [2.24, 2.45) is 5.41 Å². The molecule has 0 unspecified atom stereocenters. The SMILES string of the molecule is c1nnc(N2CC3(CNC3)C2)cc1N1CCOCC1. The van der Waals surface area contributed by atoms with Gasteiger partial charge in [-0.25, -0.2) is 0 Å². The smallest absolute Gasteiger partial charge is 0.153 e. The first-order valence-corrected chi connectivity index (χ1v) is 6.96. The molecular formula is C13H19N5O. The fourth-order valence-electron chi connectivity index (χ4n) is 3.12. The fourth-order valence-corrected chi connectivity index (χ4v) is 3.12. The molecule has 3 aliphatic heterocycles. The maximum absolute atomic E-state index is 5.39. The third-order valence-corrected chi connectivity index (χ3v) is 4.38. The van der Waals surface area contributed by atoms with Crippen molar-refractivity contribution < 1.29 is 4.74 Å². The molecule has 19 heavy (non-hydrogen) atoms. The predicted octanol–water partition coefficient (Wildman–Crippen LogP) is -0.277. The monoisotopic (exact) mass is 261 g/mol. The van der Waals surface area contributed by atoms with Gasteiger partial charge in [-0.3, -0.25) is 0 Å². The van der Waals surface area contributed by atoms with Crippen LogP contribution in [0.2, 0.25) is 0 Å². The van der Waals surface area contributed by atoms with E-state index in [-0.39, 0.29) is 0 Å². The van der Waals surface area contributed by atoms with Crippen LogP contribution in [0.4, 0.5) is 11.5 Å². The highest BCUT2D eigenvalue weighted by Gasteiger charge is 2.48. The third-order valence-electron chi connectivity index (χ3n) is 4.38. The van der Waals surface area contributed by atoms with Crippen molar-refractivity contribution in [2.75, 3.05) is 62.3 Å². The van der Waals surface area contributed by atoms with Gasteiger partial charge in [0.1, 0.15) is 0 Å². The number of rotatable bonds is 2. The molecule has 6 heteroatoms. The molecule has 0 atom stereocenters. The fraction of sp³-hybridized carbons (Fsp3) is 0.692. The van der Waals surface area contributed by atoms with Crippen LogP contribution in [-0.2, 0) is 4.74 Å². The quantitative estimate of drug-likeness (QED) is 0.790. The molecule has 0 bridgehead atoms. The largest absolute Gasteiger partial charge is 0.378 e. The standard InChI is InChI=1S/C13H19N5O/c1-3-19-4-2-17(1)11-5-12(16-15-6-11)18-9-13(10-18)7-14-8-13/h5-6,14H,1-4,7-10H2. The van der Waals surface area contributed by atoms with E-state index in [4.69, 9.17) is 4.74 Å². The Morgan fingerprint density at radius 1 is 1.16 bits per heavy atom. The van der Waals surface area contributed by atoms with E-state index in [9.17, 15) is 0 Å². The van der Waals surface area contributed by atoms with E-state index < -0.39 is 0 Å². The van der Waals surface area contributed by atoms with Gasteiger partial charge in [0.25, 0.3) is 0 Å². The average molecular weight is 261 g/mol. The molecule has 102 valence electrons. The molecule has 6 nitrogen and oxygen atoms in total. The molecule has 1 spiro atoms. The second kappa shape index (κ2) is 4.31. The average Bonchev–Trinajstić information content (AvgIpc) is 2.37. The molecule has 0 saturated carbocycles. The lowest BCUT2D eigenvalue weighted by atomic mass is 9.74. The van der Waals surface area contributed by atoms with Gasteiger partial charge < -0.3 is 19.9 Å². The first-order valence-electron chi connectivity index (χ1n) is 6.96. The summed E-state index contributed by atoms with van der Waals surface area (Å²) in [6.45, 7) is 8.02. The summed E-state index contributed by atoms with van der Waals surface area (Å²) in [5.74, 6) is 1.02. The van der Waals surface area contributed by atoms with E-state index in [1.165, 1.54) is 5.69 Å². The molecule has 3 saturated heterocycles. The van der Waals surface area contributed by atoms with Crippen LogP contribution >= 0.6 is 0 Å². The maximum Gasteiger partial charge on any atom is 0.153 e. The molecule has 1 N–H and O–H groups in total. The summed E-state index contributed by atoms with van der Waals surface area (Å²) in [6, 6.07) is 2.16. The lowest BCUT2D eigenvalue weighted by molar-refractivity contribution is 0.120. The van der Waals surface area contributed by atoms with Crippen molar-refractivity contribution in [1.29, 1.82) is 0 Å². The molecule has 0 aromatic carbocycles. The Balaban J connectivity index is 1.47. The van der Waals surface area contributed by atoms with Gasteiger partial charge in [0, 0.05) is 50.7 Å². The van der Waals surface area contributed by atoms with Gasteiger partial charge in [0.15, 0.2) is 5.82 Å². The van der Waals surface area contributed by atoms with Crippen molar-refractivity contribution in [3.63, 3.8) is 0 Å². The normalized spacial score (nSPS) is 25.1. The Labute approximate surface area is 112 Å². The molecule has 0 aliphatic carbocycles. The minimum atomic E-state index is 0.524. The lowest BCUT2D eigenvalue weighted by Gasteiger charge is -2.56. The van der Waals surface area contributed by atoms with Gasteiger partial charge >= 0.3 is 0 Å². The van der Waals surface area contributed by atoms with Gasteiger partial charge in [-0.1, -0.05) is 0 Å². The van der Waals surface area contributed by atoms with Crippen LogP contribution in [0.3, 0.4) is 0 Å². The number of morpholine rings is 1. The second-order valence-electron chi connectivity index (χ2n) is 5.83. The summed E-state index contributed by atoms with van der Waals surface area (Å²) in [5.41, 5.74) is 1.69. The zero-order valence-electron chi connectivity index (χ0n) is 11.0. The number of nitrogens with one attached hydrogen (secondary N) is 1. The van der Waals surface area contributed by atoms with E-state index in [1.54, 1.807) is 0 Å². The highest BCUT2D eigenvalue weighted by atomic mass is 16.5. The molecule has 0 radical (unpaired) electrons. The van der Waals surface area contributed by atoms with Crippen molar-refractivity contribution in [2.45, 2.75) is 0 Å². The summed E-state index contributed by atoms with van der Waals surface area (Å²) >= 11 is 0. The van der Waals surface area contributed by atoms with Gasteiger partial charge in [0.2, 0.25) is 0 Å². The zero-order chi connectivity index (χ0) is 12.7. The highest BCUT2D eigenvalue weighted by molar-refractivity contribution is 5.55. The van der Waals surface area contributed by atoms with E-state index in [0.29, 0.717) is 5.41 Å². The van der Waals surface area contributed by atoms with Gasteiger partial charge in [-0.15, -0.1) is 5.10 Å². The lowest BCUT2D eigenvalue weighted by Crippen LogP contribution is -2.71. The summed E-state index contributed by atoms with van der Waals surface area (Å²) in [5, 5.41) is 11.8. The highest BCUT2D eigenvalue weighted by Crippen LogP contribution is 2.37. The maximum atomic E-state index is 5.39. The van der Waals surface area contributed by atoms with Gasteiger partial charge in [-0.05, 0) is 0 Å². The van der Waals surface area contributed by atoms with Crippen molar-refractivity contribution in [3.05, 3.63) is 12.3 Å². The second-order valence-corrected chi connectivity index (χ2v) is 5.83. The van der Waals surface area contributed by atoms with Crippen LogP contribution in [0.5, 0.6) is 0 Å². The summed E-state index contributed by atoms with van der Waals surface area (Å²) < 4.78 is 5.39. The van der Waals surface area contributed by atoms with E-state index in [0.717, 1.165) is 58.3 Å². The van der Waals surface area contributed by atoms with E-state index >= 15 is 0 Å². The van der Waals surface area contributed by atoms with E-state index in [2.05, 4.69) is 31.4 Å². The molecule has 4 heterocycles. The van der Waals surface area contributed by atoms with Crippen LogP contribution in [0, 0.1) is 5.41 Å². The third kappa shape index (κ3) is 1.95. The molecule has 1 aromatic heterocycles. The minimum Gasteiger partial charge on any atom is -0.378 e. The molecule has 0 amide bonds. The van der Waals surface area contributed by atoms with Crippen LogP contribution < -0.4 is 15.1 Å². The van der Waals surface area contributed by atoms with Crippen LogP contribution in [0.25, 0.3) is 0 Å².